The first kappa shape index (κ1) is 23.1. The van der Waals surface area contributed by atoms with Crippen LogP contribution in [-0.2, 0) is 51.6 Å². The summed E-state index contributed by atoms with van der Waals surface area (Å²) in [7, 11) is 0. The smallest absolute Gasteiger partial charge is 0.270 e. The summed E-state index contributed by atoms with van der Waals surface area (Å²) < 4.78 is 5.07. The molecule has 0 bridgehead atoms. The van der Waals surface area contributed by atoms with E-state index in [1.54, 1.807) is 39.9 Å². The Morgan fingerprint density at radius 2 is 1.19 bits per heavy atom. The monoisotopic (exact) mass is 495 g/mol. The summed E-state index contributed by atoms with van der Waals surface area (Å²) in [6.45, 7) is 2.23. The molecule has 4 aliphatic rings. The minimum absolute atomic E-state index is 0.249. The summed E-state index contributed by atoms with van der Waals surface area (Å²) in [6.07, 6.45) is 17.7. The van der Waals surface area contributed by atoms with E-state index in [4.69, 9.17) is 0 Å². The highest BCUT2D eigenvalue weighted by Gasteiger charge is 2.27. The van der Waals surface area contributed by atoms with Gasteiger partial charge in [0.25, 0.3) is 5.69 Å². The normalized spacial score (nSPS) is 18.4. The topological polar surface area (TPSA) is 53.0 Å². The molecule has 2 aliphatic carbocycles. The van der Waals surface area contributed by atoms with Gasteiger partial charge in [-0.15, -0.1) is 0 Å². The maximum absolute atomic E-state index is 11.1. The second-order valence-corrected chi connectivity index (χ2v) is 11.6. The first-order chi connectivity index (χ1) is 18.2. The van der Waals surface area contributed by atoms with Crippen LogP contribution in [0, 0.1) is 10.1 Å². The lowest BCUT2D eigenvalue weighted by molar-refractivity contribution is -0.384. The van der Waals surface area contributed by atoms with E-state index >= 15 is 0 Å². The van der Waals surface area contributed by atoms with Crippen LogP contribution in [0.2, 0.25) is 0 Å². The van der Waals surface area contributed by atoms with Gasteiger partial charge in [-0.05, 0) is 86.5 Å². The average molecular weight is 496 g/mol. The molecule has 0 radical (unpaired) electrons. The van der Waals surface area contributed by atoms with Gasteiger partial charge in [0, 0.05) is 47.4 Å². The zero-order chi connectivity index (χ0) is 24.9. The quantitative estimate of drug-likeness (QED) is 0.201. The highest BCUT2D eigenvalue weighted by Crippen LogP contribution is 2.39. The summed E-state index contributed by atoms with van der Waals surface area (Å²) in [6, 6.07) is 10.5. The fraction of sp³-hybridized carbons (Fsp3) is 0.500. The van der Waals surface area contributed by atoms with Crippen molar-refractivity contribution in [3.05, 3.63) is 74.1 Å². The fourth-order valence-corrected chi connectivity index (χ4v) is 7.77. The Morgan fingerprint density at radius 3 is 1.84 bits per heavy atom. The molecule has 2 aliphatic heterocycles. The number of para-hydroxylation sites is 1. The number of aromatic nitrogens is 2. The molecule has 192 valence electrons. The van der Waals surface area contributed by atoms with Crippen molar-refractivity contribution in [2.75, 3.05) is 0 Å². The molecular weight excluding hydrogens is 458 g/mol. The summed E-state index contributed by atoms with van der Waals surface area (Å²) in [4.78, 5) is 10.9. The van der Waals surface area contributed by atoms with Gasteiger partial charge in [0.15, 0.2) is 0 Å². The Labute approximate surface area is 218 Å². The first-order valence-electron chi connectivity index (χ1n) is 14.6. The second-order valence-electron chi connectivity index (χ2n) is 11.6. The lowest BCUT2D eigenvalue weighted by atomic mass is 9.95. The number of hydrogen-bond acceptors (Lipinski definition) is 2. The molecule has 4 aromatic rings. The first-order valence-corrected chi connectivity index (χ1v) is 14.6. The molecule has 4 heterocycles. The van der Waals surface area contributed by atoms with Gasteiger partial charge in [-0.25, -0.2) is 0 Å². The second kappa shape index (κ2) is 9.34. The van der Waals surface area contributed by atoms with E-state index in [0.717, 1.165) is 31.2 Å². The fourth-order valence-electron chi connectivity index (χ4n) is 7.77. The Kier molecular flexibility index (Phi) is 5.82. The Morgan fingerprint density at radius 1 is 0.622 bits per heavy atom. The highest BCUT2D eigenvalue weighted by atomic mass is 16.6. The average Bonchev–Trinajstić information content (AvgIpc) is 3.61. The predicted molar refractivity (Wildman–Crippen MR) is 150 cm³/mol. The Balaban J connectivity index is 0.000000126. The van der Waals surface area contributed by atoms with Crippen molar-refractivity contribution in [2.24, 2.45) is 0 Å². The summed E-state index contributed by atoms with van der Waals surface area (Å²) >= 11 is 0. The van der Waals surface area contributed by atoms with Gasteiger partial charge in [-0.2, -0.15) is 0 Å². The van der Waals surface area contributed by atoms with Crippen LogP contribution >= 0.6 is 0 Å². The number of non-ortho nitro benzene ring substituents is 1. The third kappa shape index (κ3) is 3.81. The number of benzene rings is 2. The molecule has 8 rings (SSSR count). The number of nitrogens with zero attached hydrogens (tertiary/aromatic N) is 3. The maximum Gasteiger partial charge on any atom is 0.270 e. The number of nitro groups is 1. The van der Waals surface area contributed by atoms with Gasteiger partial charge in [0.1, 0.15) is 0 Å². The van der Waals surface area contributed by atoms with E-state index in [0.29, 0.717) is 0 Å². The van der Waals surface area contributed by atoms with Crippen LogP contribution in [0.15, 0.2) is 30.3 Å². The van der Waals surface area contributed by atoms with Crippen molar-refractivity contribution in [3.8, 4) is 0 Å². The van der Waals surface area contributed by atoms with Crippen molar-refractivity contribution in [2.45, 2.75) is 103 Å². The van der Waals surface area contributed by atoms with Gasteiger partial charge >= 0.3 is 0 Å². The molecule has 0 saturated heterocycles. The van der Waals surface area contributed by atoms with Crippen molar-refractivity contribution in [1.29, 1.82) is 0 Å². The minimum Gasteiger partial charge on any atom is -0.344 e. The van der Waals surface area contributed by atoms with E-state index in [1.807, 2.05) is 0 Å². The van der Waals surface area contributed by atoms with Crippen LogP contribution in [0.1, 0.15) is 85.0 Å². The number of aryl methyl sites for hydroxylation is 6. The number of rotatable bonds is 1. The van der Waals surface area contributed by atoms with Crippen LogP contribution < -0.4 is 0 Å². The summed E-state index contributed by atoms with van der Waals surface area (Å²) in [5.41, 5.74) is 12.1. The number of nitro benzene ring substituents is 1. The SMILES string of the molecule is O=[N+]([O-])c1cc2c3c(c1)c1c(n3CC2)CCCCCC1.c1cc2c3c(c1)c1c(n3CC2)CCCCCC1. The molecule has 5 nitrogen and oxygen atoms in total. The van der Waals surface area contributed by atoms with E-state index in [1.165, 1.54) is 99.5 Å². The highest BCUT2D eigenvalue weighted by molar-refractivity contribution is 5.92. The Bertz CT molecular complexity index is 1520. The van der Waals surface area contributed by atoms with Crippen molar-refractivity contribution < 1.29 is 4.92 Å². The molecule has 5 heteroatoms. The number of fused-ring (bicyclic) bond motifs is 6. The zero-order valence-corrected chi connectivity index (χ0v) is 21.9. The predicted octanol–water partition coefficient (Wildman–Crippen LogP) is 7.62. The molecule has 0 spiro atoms. The summed E-state index contributed by atoms with van der Waals surface area (Å²) in [5.74, 6) is 0. The largest absolute Gasteiger partial charge is 0.344 e. The molecule has 2 aromatic carbocycles. The molecule has 2 aromatic heterocycles. The van der Waals surface area contributed by atoms with Gasteiger partial charge in [0.2, 0.25) is 0 Å². The van der Waals surface area contributed by atoms with Crippen LogP contribution in [0.3, 0.4) is 0 Å². The van der Waals surface area contributed by atoms with Gasteiger partial charge in [-0.1, -0.05) is 43.9 Å². The molecule has 0 atom stereocenters. The molecule has 0 saturated carbocycles. The van der Waals surface area contributed by atoms with Crippen LogP contribution in [0.4, 0.5) is 5.69 Å². The van der Waals surface area contributed by atoms with Crippen molar-refractivity contribution in [3.63, 3.8) is 0 Å². The molecule has 0 N–H and O–H groups in total. The van der Waals surface area contributed by atoms with Gasteiger partial charge in [0.05, 0.1) is 16.0 Å². The molecule has 0 unspecified atom stereocenters. The van der Waals surface area contributed by atoms with E-state index in [2.05, 4.69) is 27.3 Å². The Hall–Kier alpha value is -3.08. The van der Waals surface area contributed by atoms with Crippen LogP contribution in [-0.4, -0.2) is 14.1 Å². The maximum atomic E-state index is 11.1. The molecule has 0 fully saturated rings. The molecule has 0 amide bonds. The van der Waals surface area contributed by atoms with Gasteiger partial charge < -0.3 is 9.13 Å². The van der Waals surface area contributed by atoms with Crippen LogP contribution in [0.25, 0.3) is 21.8 Å². The summed E-state index contributed by atoms with van der Waals surface area (Å²) in [5, 5.41) is 13.9. The van der Waals surface area contributed by atoms with E-state index in [9.17, 15) is 10.1 Å². The zero-order valence-electron chi connectivity index (χ0n) is 21.9. The minimum atomic E-state index is -0.249. The van der Waals surface area contributed by atoms with Gasteiger partial charge in [-0.3, -0.25) is 10.1 Å². The van der Waals surface area contributed by atoms with E-state index in [-0.39, 0.29) is 10.6 Å². The molecule has 37 heavy (non-hydrogen) atoms. The third-order valence-corrected chi connectivity index (χ3v) is 9.43. The lowest BCUT2D eigenvalue weighted by Crippen LogP contribution is -2.05. The number of hydrogen-bond donors (Lipinski definition) is 0. The van der Waals surface area contributed by atoms with Crippen molar-refractivity contribution >= 4 is 27.5 Å². The third-order valence-electron chi connectivity index (χ3n) is 9.43. The van der Waals surface area contributed by atoms with Crippen molar-refractivity contribution in [1.82, 2.24) is 9.13 Å². The lowest BCUT2D eigenvalue weighted by Gasteiger charge is -2.13. The standard InChI is InChI=1S/C16H18N2O2.C16H19N/c19-18(20)12-9-11-7-8-17-15-6-4-2-1-3-5-13(15)14(10-12)16(11)17;1-2-4-9-15-13(7-3-1)14-8-5-6-12-10-11-17(15)16(12)14/h9-10H,1-8H2;5-6,8H,1-4,7,9-11H2. The van der Waals surface area contributed by atoms with Crippen LogP contribution in [0.5, 0.6) is 0 Å². The van der Waals surface area contributed by atoms with E-state index < -0.39 is 0 Å². The molecular formula is C32H37N3O2.